The third-order valence-corrected chi connectivity index (χ3v) is 3.14. The molecule has 104 valence electrons. The van der Waals surface area contributed by atoms with E-state index in [1.54, 1.807) is 18.2 Å². The minimum absolute atomic E-state index is 0.0102. The number of ether oxygens (including phenoxy) is 2. The maximum atomic E-state index is 12.1. The van der Waals surface area contributed by atoms with Crippen molar-refractivity contribution in [2.45, 2.75) is 6.10 Å². The molecule has 5 nitrogen and oxygen atoms in total. The second kappa shape index (κ2) is 6.75. The van der Waals surface area contributed by atoms with E-state index in [4.69, 9.17) is 21.1 Å². The zero-order valence-corrected chi connectivity index (χ0v) is 11.5. The number of hydrogen-bond donors (Lipinski definition) is 2. The number of carbonyl (C=O) groups excluding carboxylic acids is 1. The van der Waals surface area contributed by atoms with Crippen molar-refractivity contribution in [1.82, 2.24) is 10.6 Å². The monoisotopic (exact) mass is 284 g/mol. The Kier molecular flexibility index (Phi) is 5.01. The lowest BCUT2D eigenvalue weighted by atomic mass is 10.2. The van der Waals surface area contributed by atoms with Crippen LogP contribution in [0, 0.1) is 0 Å². The number of hydrogen-bond acceptors (Lipinski definition) is 4. The molecule has 1 atom stereocenters. The van der Waals surface area contributed by atoms with Crippen molar-refractivity contribution in [1.29, 1.82) is 0 Å². The Hall–Kier alpha value is -1.30. The minimum atomic E-state index is -0.192. The fourth-order valence-corrected chi connectivity index (χ4v) is 2.07. The molecule has 0 bridgehead atoms. The van der Waals surface area contributed by atoms with Crippen LogP contribution in [-0.4, -0.2) is 45.4 Å². The summed E-state index contributed by atoms with van der Waals surface area (Å²) < 4.78 is 10.7. The van der Waals surface area contributed by atoms with Gasteiger partial charge in [-0.2, -0.15) is 0 Å². The Morgan fingerprint density at radius 3 is 3.16 bits per heavy atom. The fraction of sp³-hybridized carbons (Fsp3) is 0.462. The number of amides is 1. The smallest absolute Gasteiger partial charge is 0.255 e. The van der Waals surface area contributed by atoms with Gasteiger partial charge in [-0.25, -0.2) is 0 Å². The van der Waals surface area contributed by atoms with Gasteiger partial charge in [0.05, 0.1) is 25.4 Å². The van der Waals surface area contributed by atoms with Crippen LogP contribution in [0.5, 0.6) is 5.75 Å². The molecule has 0 aromatic heterocycles. The predicted molar refractivity (Wildman–Crippen MR) is 72.9 cm³/mol. The van der Waals surface area contributed by atoms with Gasteiger partial charge < -0.3 is 20.1 Å². The average molecular weight is 285 g/mol. The van der Waals surface area contributed by atoms with E-state index in [0.29, 0.717) is 29.5 Å². The highest BCUT2D eigenvalue weighted by atomic mass is 35.5. The van der Waals surface area contributed by atoms with E-state index < -0.39 is 0 Å². The number of methoxy groups -OCH3 is 1. The van der Waals surface area contributed by atoms with Crippen LogP contribution in [0.15, 0.2) is 18.2 Å². The molecule has 0 spiro atoms. The van der Waals surface area contributed by atoms with E-state index in [-0.39, 0.29) is 12.0 Å². The quantitative estimate of drug-likeness (QED) is 0.868. The average Bonchev–Trinajstić information content (AvgIpc) is 2.45. The number of rotatable bonds is 4. The Labute approximate surface area is 117 Å². The zero-order valence-electron chi connectivity index (χ0n) is 10.7. The molecule has 1 fully saturated rings. The molecular weight excluding hydrogens is 268 g/mol. The maximum Gasteiger partial charge on any atom is 0.255 e. The van der Waals surface area contributed by atoms with Crippen LogP contribution >= 0.6 is 11.6 Å². The molecule has 1 amide bonds. The molecule has 1 saturated heterocycles. The van der Waals surface area contributed by atoms with Crippen LogP contribution in [0.2, 0.25) is 5.02 Å². The summed E-state index contributed by atoms with van der Waals surface area (Å²) in [6, 6.07) is 4.93. The number of morpholine rings is 1. The molecule has 1 aliphatic heterocycles. The molecule has 1 aromatic rings. The first-order chi connectivity index (χ1) is 9.20. The molecule has 0 aliphatic carbocycles. The zero-order chi connectivity index (χ0) is 13.7. The summed E-state index contributed by atoms with van der Waals surface area (Å²) in [5.41, 5.74) is 0.468. The normalized spacial score (nSPS) is 18.9. The van der Waals surface area contributed by atoms with Crippen LogP contribution in [0.4, 0.5) is 0 Å². The molecular formula is C13H17ClN2O3. The van der Waals surface area contributed by atoms with Gasteiger partial charge in [0.15, 0.2) is 0 Å². The van der Waals surface area contributed by atoms with Gasteiger partial charge in [-0.15, -0.1) is 0 Å². The molecule has 19 heavy (non-hydrogen) atoms. The SMILES string of the molecule is COc1cc(Cl)ccc1C(=O)NCC1CNCCO1. The lowest BCUT2D eigenvalue weighted by Gasteiger charge is -2.23. The summed E-state index contributed by atoms with van der Waals surface area (Å²) in [7, 11) is 1.51. The van der Waals surface area contributed by atoms with Gasteiger partial charge in [0.2, 0.25) is 0 Å². The van der Waals surface area contributed by atoms with Crippen LogP contribution in [-0.2, 0) is 4.74 Å². The van der Waals surface area contributed by atoms with Crippen molar-refractivity contribution in [3.05, 3.63) is 28.8 Å². The van der Waals surface area contributed by atoms with E-state index in [1.807, 2.05) is 0 Å². The summed E-state index contributed by atoms with van der Waals surface area (Å²) >= 11 is 5.86. The number of nitrogens with one attached hydrogen (secondary N) is 2. The van der Waals surface area contributed by atoms with Gasteiger partial charge in [-0.1, -0.05) is 11.6 Å². The Morgan fingerprint density at radius 1 is 1.63 bits per heavy atom. The molecule has 1 aromatic carbocycles. The molecule has 1 heterocycles. The van der Waals surface area contributed by atoms with Crippen molar-refractivity contribution < 1.29 is 14.3 Å². The molecule has 2 N–H and O–H groups in total. The van der Waals surface area contributed by atoms with E-state index >= 15 is 0 Å². The molecule has 6 heteroatoms. The summed E-state index contributed by atoms with van der Waals surface area (Å²) in [6.07, 6.45) is 0.0102. The number of benzene rings is 1. The van der Waals surface area contributed by atoms with Crippen molar-refractivity contribution in [2.75, 3.05) is 33.4 Å². The van der Waals surface area contributed by atoms with E-state index in [1.165, 1.54) is 7.11 Å². The lowest BCUT2D eigenvalue weighted by molar-refractivity contribution is 0.0287. The molecule has 1 unspecified atom stereocenters. The third kappa shape index (κ3) is 3.83. The maximum absolute atomic E-state index is 12.1. The lowest BCUT2D eigenvalue weighted by Crippen LogP contribution is -2.45. The first-order valence-corrected chi connectivity index (χ1v) is 6.52. The summed E-state index contributed by atoms with van der Waals surface area (Å²) in [6.45, 7) is 2.75. The van der Waals surface area contributed by atoms with Gasteiger partial charge in [-0.05, 0) is 18.2 Å². The van der Waals surface area contributed by atoms with Gasteiger partial charge in [0.25, 0.3) is 5.91 Å². The second-order valence-corrected chi connectivity index (χ2v) is 4.69. The number of carbonyl (C=O) groups is 1. The topological polar surface area (TPSA) is 59.6 Å². The molecule has 0 radical (unpaired) electrons. The van der Waals surface area contributed by atoms with Crippen molar-refractivity contribution in [3.8, 4) is 5.75 Å². The highest BCUT2D eigenvalue weighted by Crippen LogP contribution is 2.22. The Balaban J connectivity index is 1.95. The fourth-order valence-electron chi connectivity index (χ4n) is 1.91. The Morgan fingerprint density at radius 2 is 2.47 bits per heavy atom. The van der Waals surface area contributed by atoms with Crippen molar-refractivity contribution >= 4 is 17.5 Å². The highest BCUT2D eigenvalue weighted by Gasteiger charge is 2.17. The van der Waals surface area contributed by atoms with Crippen LogP contribution in [0.25, 0.3) is 0 Å². The van der Waals surface area contributed by atoms with Crippen LogP contribution in [0.3, 0.4) is 0 Å². The summed E-state index contributed by atoms with van der Waals surface area (Å²) in [5, 5.41) is 6.58. The minimum Gasteiger partial charge on any atom is -0.496 e. The van der Waals surface area contributed by atoms with Crippen molar-refractivity contribution in [2.24, 2.45) is 0 Å². The summed E-state index contributed by atoms with van der Waals surface area (Å²) in [5.74, 6) is 0.273. The van der Waals surface area contributed by atoms with E-state index in [0.717, 1.165) is 13.1 Å². The van der Waals surface area contributed by atoms with Crippen LogP contribution < -0.4 is 15.4 Å². The Bertz CT molecular complexity index is 448. The predicted octanol–water partition coefficient (Wildman–Crippen LogP) is 1.07. The second-order valence-electron chi connectivity index (χ2n) is 4.25. The largest absolute Gasteiger partial charge is 0.496 e. The standard InChI is InChI=1S/C13H17ClN2O3/c1-18-12-6-9(14)2-3-11(12)13(17)16-8-10-7-15-4-5-19-10/h2-3,6,10,15H,4-5,7-8H2,1H3,(H,16,17). The van der Waals surface area contributed by atoms with Gasteiger partial charge in [-0.3, -0.25) is 4.79 Å². The van der Waals surface area contributed by atoms with Gasteiger partial charge in [0, 0.05) is 24.7 Å². The first-order valence-electron chi connectivity index (χ1n) is 6.15. The van der Waals surface area contributed by atoms with E-state index in [2.05, 4.69) is 10.6 Å². The molecule has 1 aliphatic rings. The summed E-state index contributed by atoms with van der Waals surface area (Å²) in [4.78, 5) is 12.1. The molecule has 0 saturated carbocycles. The van der Waals surface area contributed by atoms with Crippen LogP contribution in [0.1, 0.15) is 10.4 Å². The molecule has 2 rings (SSSR count). The highest BCUT2D eigenvalue weighted by molar-refractivity contribution is 6.30. The van der Waals surface area contributed by atoms with E-state index in [9.17, 15) is 4.79 Å². The third-order valence-electron chi connectivity index (χ3n) is 2.90. The number of halogens is 1. The van der Waals surface area contributed by atoms with Gasteiger partial charge in [0.1, 0.15) is 5.75 Å². The van der Waals surface area contributed by atoms with Crippen molar-refractivity contribution in [3.63, 3.8) is 0 Å². The van der Waals surface area contributed by atoms with Gasteiger partial charge >= 0.3 is 0 Å². The first kappa shape index (κ1) is 14.1.